The Balaban J connectivity index is 2.07. The van der Waals surface area contributed by atoms with Crippen LogP contribution in [0.1, 0.15) is 42.5 Å². The number of carbonyl (C=O) groups excluding carboxylic acids is 1. The summed E-state index contributed by atoms with van der Waals surface area (Å²) in [6.45, 7) is 0. The smallest absolute Gasteiger partial charge is 0.318 e. The molecule has 0 atom stereocenters. The number of hydrogen-bond donors (Lipinski definition) is 1. The topological polar surface area (TPSA) is 58.4 Å². The van der Waals surface area contributed by atoms with Crippen molar-refractivity contribution in [2.24, 2.45) is 0 Å². The fraction of sp³-hybridized carbons (Fsp3) is 0.500. The Labute approximate surface area is 122 Å². The highest BCUT2D eigenvalue weighted by Gasteiger charge is 2.21. The van der Waals surface area contributed by atoms with Gasteiger partial charge in [0.25, 0.3) is 10.8 Å². The van der Waals surface area contributed by atoms with E-state index in [2.05, 4.69) is 10.2 Å². The monoisotopic (exact) mass is 297 g/mol. The van der Waals surface area contributed by atoms with Gasteiger partial charge in [-0.05, 0) is 18.9 Å². The second kappa shape index (κ2) is 6.70. The van der Waals surface area contributed by atoms with Crippen molar-refractivity contribution >= 4 is 23.2 Å². The zero-order valence-electron chi connectivity index (χ0n) is 11.4. The molecule has 0 bridgehead atoms. The molecule has 0 radical (unpaired) electrons. The van der Waals surface area contributed by atoms with Crippen LogP contribution in [0.3, 0.4) is 0 Å². The molecule has 1 aromatic rings. The zero-order valence-corrected chi connectivity index (χ0v) is 12.2. The third-order valence-electron chi connectivity index (χ3n) is 3.51. The maximum Gasteiger partial charge on any atom is 0.318 e. The van der Waals surface area contributed by atoms with E-state index in [0.717, 1.165) is 25.7 Å². The number of benzene rings is 1. The van der Waals surface area contributed by atoms with Crippen LogP contribution in [0.25, 0.3) is 0 Å². The van der Waals surface area contributed by atoms with Crippen molar-refractivity contribution in [3.8, 4) is 0 Å². The average Bonchev–Trinajstić information content (AvgIpc) is 2.47. The van der Waals surface area contributed by atoms with Crippen LogP contribution in [0.15, 0.2) is 18.2 Å². The van der Waals surface area contributed by atoms with E-state index in [4.69, 9.17) is 11.6 Å². The van der Waals surface area contributed by atoms with Crippen LogP contribution in [-0.4, -0.2) is 24.0 Å². The van der Waals surface area contributed by atoms with Gasteiger partial charge in [-0.2, -0.15) is 0 Å². The van der Waals surface area contributed by atoms with Crippen LogP contribution in [0.4, 0.5) is 5.69 Å². The van der Waals surface area contributed by atoms with E-state index >= 15 is 0 Å². The summed E-state index contributed by atoms with van der Waals surface area (Å²) in [5.41, 5.74) is 0.636. The lowest BCUT2D eigenvalue weighted by Crippen LogP contribution is -2.36. The van der Waals surface area contributed by atoms with E-state index in [0.29, 0.717) is 10.5 Å². The van der Waals surface area contributed by atoms with Crippen molar-refractivity contribution in [3.63, 3.8) is 0 Å². The molecule has 1 saturated carbocycles. The van der Waals surface area contributed by atoms with Gasteiger partial charge >= 0.3 is 5.69 Å². The fourth-order valence-corrected chi connectivity index (χ4v) is 2.68. The molecule has 20 heavy (non-hydrogen) atoms. The Kier molecular flexibility index (Phi) is 4.95. The molecule has 108 valence electrons. The minimum Gasteiger partial charge on any atom is -0.349 e. The van der Waals surface area contributed by atoms with Crippen LogP contribution in [0.2, 0.25) is 5.02 Å². The van der Waals surface area contributed by atoms with Crippen molar-refractivity contribution in [2.75, 3.05) is 7.11 Å². The first kappa shape index (κ1) is 14.8. The number of halogens is 1. The lowest BCUT2D eigenvalue weighted by Gasteiger charge is -2.22. The number of amides is 1. The number of rotatable bonds is 4. The number of nitrogens with one attached hydrogen (secondary N) is 1. The molecule has 5 nitrogen and oxygen atoms in total. The molecule has 1 aliphatic carbocycles. The van der Waals surface area contributed by atoms with Crippen molar-refractivity contribution in [1.29, 1.82) is 0 Å². The second-order valence-corrected chi connectivity index (χ2v) is 5.32. The number of carbonyl (C=O) groups is 1. The summed E-state index contributed by atoms with van der Waals surface area (Å²) in [5, 5.41) is 3.24. The zero-order chi connectivity index (χ0) is 14.5. The fourth-order valence-electron chi connectivity index (χ4n) is 2.42. The highest BCUT2D eigenvalue weighted by Crippen LogP contribution is 2.24. The van der Waals surface area contributed by atoms with E-state index in [-0.39, 0.29) is 22.7 Å². The molecule has 0 spiro atoms. The first-order chi connectivity index (χ1) is 9.61. The summed E-state index contributed by atoms with van der Waals surface area (Å²) in [4.78, 5) is 28.3. The predicted octanol–water partition coefficient (Wildman–Crippen LogP) is 3.37. The molecule has 1 aliphatic rings. The highest BCUT2D eigenvalue weighted by atomic mass is 35.5. The molecule has 1 aromatic carbocycles. The van der Waals surface area contributed by atoms with Gasteiger partial charge in [0, 0.05) is 18.2 Å². The van der Waals surface area contributed by atoms with Gasteiger partial charge in [-0.15, -0.1) is 0 Å². The van der Waals surface area contributed by atoms with E-state index in [9.17, 15) is 9.70 Å². The summed E-state index contributed by atoms with van der Waals surface area (Å²) >= 11 is 6.06. The number of nitrogens with zero attached hydrogens (tertiary/aromatic N) is 1. The molecule has 0 heterocycles. The molecule has 1 amide bonds. The summed E-state index contributed by atoms with van der Waals surface area (Å²) in [6, 6.07) is 4.70. The SMILES string of the molecule is CO[N+](=O)c1ccc(C(=O)NC2CCCCC2)c(Cl)c1. The van der Waals surface area contributed by atoms with Crippen LogP contribution in [-0.2, 0) is 4.84 Å². The summed E-state index contributed by atoms with van der Waals surface area (Å²) < 4.78 is 0. The molecule has 0 aromatic heterocycles. The summed E-state index contributed by atoms with van der Waals surface area (Å²) in [6.07, 6.45) is 5.56. The van der Waals surface area contributed by atoms with E-state index < -0.39 is 0 Å². The summed E-state index contributed by atoms with van der Waals surface area (Å²) in [7, 11) is 1.27. The van der Waals surface area contributed by atoms with Crippen molar-refractivity contribution in [2.45, 2.75) is 38.1 Å². The average molecular weight is 298 g/mol. The quantitative estimate of drug-likeness (QED) is 0.867. The highest BCUT2D eigenvalue weighted by molar-refractivity contribution is 6.34. The minimum absolute atomic E-state index is 0.191. The molecule has 0 aliphatic heterocycles. The van der Waals surface area contributed by atoms with Crippen molar-refractivity contribution in [3.05, 3.63) is 33.7 Å². The molecular formula is C14H18ClN2O3+. The van der Waals surface area contributed by atoms with Crippen LogP contribution in [0.5, 0.6) is 0 Å². The number of hydrogen-bond acceptors (Lipinski definition) is 3. The van der Waals surface area contributed by atoms with E-state index in [1.54, 1.807) is 6.07 Å². The van der Waals surface area contributed by atoms with Crippen molar-refractivity contribution in [1.82, 2.24) is 5.32 Å². The minimum atomic E-state index is -0.191. The van der Waals surface area contributed by atoms with Crippen molar-refractivity contribution < 1.29 is 14.6 Å². The van der Waals surface area contributed by atoms with Gasteiger partial charge in [-0.25, -0.2) is 4.84 Å². The van der Waals surface area contributed by atoms with Gasteiger partial charge in [0.1, 0.15) is 0 Å². The van der Waals surface area contributed by atoms with Gasteiger partial charge in [0.15, 0.2) is 7.11 Å². The maximum absolute atomic E-state index is 12.2. The second-order valence-electron chi connectivity index (χ2n) is 4.91. The lowest BCUT2D eigenvalue weighted by molar-refractivity contribution is -0.736. The predicted molar refractivity (Wildman–Crippen MR) is 76.1 cm³/mol. The Bertz CT molecular complexity index is 513. The summed E-state index contributed by atoms with van der Waals surface area (Å²) in [5.74, 6) is -0.191. The van der Waals surface area contributed by atoms with Gasteiger partial charge in [-0.1, -0.05) is 30.9 Å². The molecule has 0 saturated heterocycles. The Morgan fingerprint density at radius 3 is 2.65 bits per heavy atom. The van der Waals surface area contributed by atoms with Crippen LogP contribution in [0, 0.1) is 4.91 Å². The Morgan fingerprint density at radius 2 is 2.05 bits per heavy atom. The Morgan fingerprint density at radius 1 is 1.35 bits per heavy atom. The molecular weight excluding hydrogens is 280 g/mol. The third kappa shape index (κ3) is 3.48. The van der Waals surface area contributed by atoms with Crippen LogP contribution < -0.4 is 5.32 Å². The molecule has 2 rings (SSSR count). The molecule has 1 fully saturated rings. The van der Waals surface area contributed by atoms with Gasteiger partial charge in [0.05, 0.1) is 15.5 Å². The molecule has 6 heteroatoms. The standard InChI is InChI=1S/C14H17ClN2O3/c1-20-17(19)11-7-8-12(13(15)9-11)14(18)16-10-5-3-2-4-6-10/h7-10H,2-6H2,1H3/p+1. The Hall–Kier alpha value is -1.62. The third-order valence-corrected chi connectivity index (χ3v) is 3.83. The van der Waals surface area contributed by atoms with E-state index in [1.807, 2.05) is 0 Å². The van der Waals surface area contributed by atoms with Gasteiger partial charge < -0.3 is 5.32 Å². The van der Waals surface area contributed by atoms with Crippen LogP contribution >= 0.6 is 11.6 Å². The first-order valence-corrected chi connectivity index (χ1v) is 7.11. The maximum atomic E-state index is 12.2. The lowest BCUT2D eigenvalue weighted by atomic mass is 9.95. The first-order valence-electron chi connectivity index (χ1n) is 6.73. The van der Waals surface area contributed by atoms with E-state index in [1.165, 1.54) is 25.7 Å². The normalized spacial score (nSPS) is 15.7. The molecule has 1 N–H and O–H groups in total. The van der Waals surface area contributed by atoms with Gasteiger partial charge in [-0.3, -0.25) is 4.79 Å². The molecule has 0 unspecified atom stereocenters. The largest absolute Gasteiger partial charge is 0.349 e. The van der Waals surface area contributed by atoms with Gasteiger partial charge in [0.2, 0.25) is 0 Å².